The zero-order chi connectivity index (χ0) is 12.5. The summed E-state index contributed by atoms with van der Waals surface area (Å²) < 4.78 is 16.0. The molecular formula is C13H17NO3. The summed E-state index contributed by atoms with van der Waals surface area (Å²) in [5.74, 6) is 1.43. The Balaban J connectivity index is 2.24. The largest absolute Gasteiger partial charge is 0.497 e. The molecule has 17 heavy (non-hydrogen) atoms. The first-order chi connectivity index (χ1) is 8.06. The van der Waals surface area contributed by atoms with Gasteiger partial charge in [0.15, 0.2) is 0 Å². The van der Waals surface area contributed by atoms with Gasteiger partial charge < -0.3 is 14.2 Å². The number of methoxy groups -OCH3 is 2. The van der Waals surface area contributed by atoms with Gasteiger partial charge in [-0.25, -0.2) is 4.99 Å². The Bertz CT molecular complexity index is 423. The average molecular weight is 235 g/mol. The van der Waals surface area contributed by atoms with Gasteiger partial charge in [-0.3, -0.25) is 0 Å². The van der Waals surface area contributed by atoms with Crippen molar-refractivity contribution in [2.24, 2.45) is 4.99 Å². The third-order valence-corrected chi connectivity index (χ3v) is 2.74. The molecule has 0 aromatic heterocycles. The molecule has 1 aliphatic heterocycles. The monoisotopic (exact) mass is 235 g/mol. The zero-order valence-corrected chi connectivity index (χ0v) is 10.6. The predicted molar refractivity (Wildman–Crippen MR) is 65.5 cm³/mol. The highest BCUT2D eigenvalue weighted by atomic mass is 16.7. The fourth-order valence-electron chi connectivity index (χ4n) is 1.79. The maximum absolute atomic E-state index is 5.67. The van der Waals surface area contributed by atoms with E-state index in [1.807, 2.05) is 38.1 Å². The zero-order valence-electron chi connectivity index (χ0n) is 10.6. The normalized spacial score (nSPS) is 21.9. The van der Waals surface area contributed by atoms with Crippen LogP contribution in [0.2, 0.25) is 0 Å². The van der Waals surface area contributed by atoms with E-state index in [-0.39, 0.29) is 11.8 Å². The van der Waals surface area contributed by atoms with Crippen molar-refractivity contribution in [2.45, 2.75) is 25.7 Å². The number of rotatable bonds is 3. The Morgan fingerprint density at radius 2 is 1.82 bits per heavy atom. The van der Waals surface area contributed by atoms with Crippen LogP contribution in [0.3, 0.4) is 0 Å². The van der Waals surface area contributed by atoms with Gasteiger partial charge >= 0.3 is 0 Å². The molecule has 0 radical (unpaired) electrons. The maximum atomic E-state index is 5.67. The summed E-state index contributed by atoms with van der Waals surface area (Å²) in [5, 5.41) is 0. The molecule has 0 saturated carbocycles. The molecule has 0 saturated heterocycles. The van der Waals surface area contributed by atoms with E-state index >= 15 is 0 Å². The number of ether oxygens (including phenoxy) is 3. The Hall–Kier alpha value is -1.55. The quantitative estimate of drug-likeness (QED) is 0.806. The highest BCUT2D eigenvalue weighted by molar-refractivity contribution is 5.95. The minimum atomic E-state index is -0.357. The first-order valence-electron chi connectivity index (χ1n) is 5.50. The summed E-state index contributed by atoms with van der Waals surface area (Å²) in [6.45, 7) is 3.97. The van der Waals surface area contributed by atoms with Crippen molar-refractivity contribution in [1.82, 2.24) is 0 Å². The van der Waals surface area contributed by atoms with Crippen LogP contribution in [0.5, 0.6) is 5.75 Å². The lowest BCUT2D eigenvalue weighted by molar-refractivity contribution is -0.0833. The SMILES string of the molecule is COc1ccc(C2=NC(C)(C)C(OC)O2)cc1. The van der Waals surface area contributed by atoms with Gasteiger partial charge in [-0.2, -0.15) is 0 Å². The molecule has 1 aromatic carbocycles. The van der Waals surface area contributed by atoms with Gasteiger partial charge in [0.25, 0.3) is 0 Å². The van der Waals surface area contributed by atoms with E-state index in [2.05, 4.69) is 4.99 Å². The number of benzene rings is 1. The van der Waals surface area contributed by atoms with E-state index in [0.717, 1.165) is 11.3 Å². The summed E-state index contributed by atoms with van der Waals surface area (Å²) in [6, 6.07) is 7.61. The van der Waals surface area contributed by atoms with Crippen LogP contribution >= 0.6 is 0 Å². The van der Waals surface area contributed by atoms with Crippen LogP contribution in [-0.4, -0.2) is 31.9 Å². The summed E-state index contributed by atoms with van der Waals surface area (Å²) in [7, 11) is 3.27. The van der Waals surface area contributed by atoms with Crippen LogP contribution in [0.15, 0.2) is 29.3 Å². The Morgan fingerprint density at radius 1 is 1.18 bits per heavy atom. The second kappa shape index (κ2) is 4.37. The van der Waals surface area contributed by atoms with Gasteiger partial charge in [-0.1, -0.05) is 0 Å². The molecule has 0 aliphatic carbocycles. The van der Waals surface area contributed by atoms with Crippen molar-refractivity contribution in [3.63, 3.8) is 0 Å². The number of hydrogen-bond acceptors (Lipinski definition) is 4. The lowest BCUT2D eigenvalue weighted by Gasteiger charge is -2.20. The summed E-state index contributed by atoms with van der Waals surface area (Å²) >= 11 is 0. The molecule has 0 fully saturated rings. The molecule has 1 unspecified atom stereocenters. The molecule has 1 aromatic rings. The molecule has 4 nitrogen and oxygen atoms in total. The number of nitrogens with zero attached hydrogens (tertiary/aromatic N) is 1. The van der Waals surface area contributed by atoms with Gasteiger partial charge in [0.1, 0.15) is 11.3 Å². The fourth-order valence-corrected chi connectivity index (χ4v) is 1.79. The molecule has 1 atom stereocenters. The first-order valence-corrected chi connectivity index (χ1v) is 5.50. The summed E-state index contributed by atoms with van der Waals surface area (Å²) in [5.41, 5.74) is 0.572. The van der Waals surface area contributed by atoms with E-state index in [9.17, 15) is 0 Å². The highest BCUT2D eigenvalue weighted by Crippen LogP contribution is 2.28. The van der Waals surface area contributed by atoms with Crippen molar-refractivity contribution in [1.29, 1.82) is 0 Å². The van der Waals surface area contributed by atoms with Crippen LogP contribution < -0.4 is 4.74 Å². The second-order valence-electron chi connectivity index (χ2n) is 4.48. The smallest absolute Gasteiger partial charge is 0.226 e. The standard InChI is InChI=1S/C13H17NO3/c1-13(2)12(16-4)17-11(14-13)9-5-7-10(15-3)8-6-9/h5-8,12H,1-4H3. The van der Waals surface area contributed by atoms with Crippen LogP contribution in [-0.2, 0) is 9.47 Å². The fraction of sp³-hybridized carbons (Fsp3) is 0.462. The van der Waals surface area contributed by atoms with Crippen LogP contribution in [0.25, 0.3) is 0 Å². The van der Waals surface area contributed by atoms with Crippen LogP contribution in [0.1, 0.15) is 19.4 Å². The summed E-state index contributed by atoms with van der Waals surface area (Å²) in [6.07, 6.45) is -0.334. The minimum Gasteiger partial charge on any atom is -0.497 e. The molecule has 0 N–H and O–H groups in total. The minimum absolute atomic E-state index is 0.334. The van der Waals surface area contributed by atoms with E-state index in [1.165, 1.54) is 0 Å². The van der Waals surface area contributed by atoms with Crippen LogP contribution in [0, 0.1) is 0 Å². The lowest BCUT2D eigenvalue weighted by Crippen LogP contribution is -2.32. The highest BCUT2D eigenvalue weighted by Gasteiger charge is 2.38. The maximum Gasteiger partial charge on any atom is 0.226 e. The molecular weight excluding hydrogens is 218 g/mol. The topological polar surface area (TPSA) is 40.0 Å². The third-order valence-electron chi connectivity index (χ3n) is 2.74. The van der Waals surface area contributed by atoms with Crippen molar-refractivity contribution >= 4 is 5.90 Å². The van der Waals surface area contributed by atoms with Gasteiger partial charge in [0.05, 0.1) is 7.11 Å². The molecule has 0 bridgehead atoms. The van der Waals surface area contributed by atoms with E-state index in [0.29, 0.717) is 5.90 Å². The van der Waals surface area contributed by atoms with Gasteiger partial charge in [-0.05, 0) is 38.1 Å². The van der Waals surface area contributed by atoms with Crippen molar-refractivity contribution in [2.75, 3.05) is 14.2 Å². The molecule has 1 aliphatic rings. The number of hydrogen-bond donors (Lipinski definition) is 0. The van der Waals surface area contributed by atoms with Crippen molar-refractivity contribution in [3.8, 4) is 5.75 Å². The van der Waals surface area contributed by atoms with Crippen molar-refractivity contribution < 1.29 is 14.2 Å². The molecule has 0 amide bonds. The van der Waals surface area contributed by atoms with E-state index in [4.69, 9.17) is 14.2 Å². The molecule has 0 spiro atoms. The van der Waals surface area contributed by atoms with Crippen molar-refractivity contribution in [3.05, 3.63) is 29.8 Å². The van der Waals surface area contributed by atoms with Gasteiger partial charge in [0.2, 0.25) is 12.2 Å². The third kappa shape index (κ3) is 2.26. The molecule has 4 heteroatoms. The summed E-state index contributed by atoms with van der Waals surface area (Å²) in [4.78, 5) is 4.53. The van der Waals surface area contributed by atoms with E-state index in [1.54, 1.807) is 14.2 Å². The second-order valence-corrected chi connectivity index (χ2v) is 4.48. The van der Waals surface area contributed by atoms with Gasteiger partial charge in [0, 0.05) is 12.7 Å². The van der Waals surface area contributed by atoms with E-state index < -0.39 is 0 Å². The van der Waals surface area contributed by atoms with Gasteiger partial charge in [-0.15, -0.1) is 0 Å². The average Bonchev–Trinajstić information content (AvgIpc) is 2.64. The first kappa shape index (κ1) is 11.9. The molecule has 2 rings (SSSR count). The predicted octanol–water partition coefficient (Wildman–Crippen LogP) is 2.22. The Labute approximate surface area is 101 Å². The number of aliphatic imine (C=N–C) groups is 1. The molecule has 1 heterocycles. The molecule has 92 valence electrons. The van der Waals surface area contributed by atoms with Crippen LogP contribution in [0.4, 0.5) is 0 Å². The lowest BCUT2D eigenvalue weighted by atomic mass is 10.1. The Morgan fingerprint density at radius 3 is 2.29 bits per heavy atom. The Kier molecular flexibility index (Phi) is 3.07.